The van der Waals surface area contributed by atoms with Gasteiger partial charge in [-0.25, -0.2) is 0 Å². The number of hydrogen-bond acceptors (Lipinski definition) is 10. The van der Waals surface area contributed by atoms with Crippen LogP contribution in [0.25, 0.3) is 0 Å². The molecule has 2 saturated carbocycles. The van der Waals surface area contributed by atoms with Crippen molar-refractivity contribution in [3.05, 3.63) is 58.7 Å². The van der Waals surface area contributed by atoms with E-state index in [0.717, 1.165) is 45.6 Å². The van der Waals surface area contributed by atoms with Gasteiger partial charge in [0.1, 0.15) is 16.8 Å². The summed E-state index contributed by atoms with van der Waals surface area (Å²) in [7, 11) is 0. The minimum atomic E-state index is -0.206. The fraction of sp³-hybridized carbons (Fsp3) is 0.615. The highest BCUT2D eigenvalue weighted by molar-refractivity contribution is 9.09. The summed E-state index contributed by atoms with van der Waals surface area (Å²) in [4.78, 5) is 30.9. The number of phenolic OH excluding ortho intramolecular Hbond substituents is 2. The second-order valence-electron chi connectivity index (χ2n) is 14.2. The van der Waals surface area contributed by atoms with Crippen molar-refractivity contribution in [3.8, 4) is 11.5 Å². The molecule has 1 saturated heterocycles. The average Bonchev–Trinajstić information content (AvgIpc) is 4.05. The van der Waals surface area contributed by atoms with Crippen molar-refractivity contribution in [1.82, 2.24) is 15.1 Å². The van der Waals surface area contributed by atoms with Gasteiger partial charge in [-0.3, -0.25) is 19.5 Å². The summed E-state index contributed by atoms with van der Waals surface area (Å²) in [6, 6.07) is 11.4. The van der Waals surface area contributed by atoms with Crippen molar-refractivity contribution in [3.63, 3.8) is 0 Å². The molecular formula is C39H55BrN4O6. The lowest BCUT2D eigenvalue weighted by molar-refractivity contribution is -0.144. The smallest absolute Gasteiger partial charge is 0.320 e. The first-order valence-corrected chi connectivity index (χ1v) is 19.6. The topological polar surface area (TPSA) is 124 Å². The number of hydrogen-bond donors (Lipinski definition) is 3. The third kappa shape index (κ3) is 10.2. The number of carbonyl (C=O) groups excluding carboxylic acids is 2. The Bertz CT molecular complexity index is 1490. The van der Waals surface area contributed by atoms with Crippen LogP contribution in [0.1, 0.15) is 93.9 Å². The largest absolute Gasteiger partial charge is 0.508 e. The molecule has 6 aliphatic rings. The maximum Gasteiger partial charge on any atom is 0.320 e. The summed E-state index contributed by atoms with van der Waals surface area (Å²) < 4.78 is 9.52. The highest BCUT2D eigenvalue weighted by Crippen LogP contribution is 2.53. The number of rotatable bonds is 5. The molecule has 0 bridgehead atoms. The van der Waals surface area contributed by atoms with Crippen LogP contribution in [-0.2, 0) is 43.0 Å². The van der Waals surface area contributed by atoms with Crippen molar-refractivity contribution in [1.29, 1.82) is 0 Å². The number of nitrogens with zero attached hydrogens (tertiary/aromatic N) is 3. The number of halogens is 1. The number of carbonyl (C=O) groups is 2. The molecule has 2 aromatic carbocycles. The molecule has 0 unspecified atom stereocenters. The number of aliphatic imine (C=N–C) groups is 1. The minimum Gasteiger partial charge on any atom is -0.508 e. The quantitative estimate of drug-likeness (QED) is 0.252. The zero-order chi connectivity index (χ0) is 35.6. The number of amidine groups is 1. The van der Waals surface area contributed by atoms with E-state index in [9.17, 15) is 19.8 Å². The standard InChI is InChI=1S/C15H19NO3.C11H13NO.C9H16N2.C4H7BrO2/c1-2-19-14(18)9-16-8-11-3-4-12(17)7-13(11)15(10-16)5-6-15;13-9-2-1-8-6-12-7-11(3-4-11)10(8)5-9;1-2-5-9-10-6-4-8-11(9)7-3-1;1-2-7-4(6)3-5/h3-4,7,17H,2,5-6,8-10H2,1H3;1-2,5,12-13H,3-4,6-7H2;1-8H2;2-3H2,1H3. The minimum absolute atomic E-state index is 0.152. The lowest BCUT2D eigenvalue weighted by Crippen LogP contribution is -2.41. The predicted octanol–water partition coefficient (Wildman–Crippen LogP) is 5.94. The number of alkyl halides is 1. The molecule has 2 aliphatic carbocycles. The lowest BCUT2D eigenvalue weighted by atomic mass is 9.87. The second-order valence-corrected chi connectivity index (χ2v) is 14.7. The number of esters is 2. The van der Waals surface area contributed by atoms with Gasteiger partial charge in [-0.15, -0.1) is 0 Å². The Morgan fingerprint density at radius 3 is 2.14 bits per heavy atom. The Morgan fingerprint density at radius 2 is 1.50 bits per heavy atom. The van der Waals surface area contributed by atoms with E-state index in [4.69, 9.17) is 4.74 Å². The molecule has 2 aromatic rings. The molecule has 2 spiro atoms. The van der Waals surface area contributed by atoms with Crippen molar-refractivity contribution in [2.24, 2.45) is 4.99 Å². The van der Waals surface area contributed by atoms with Gasteiger partial charge in [0.05, 0.1) is 25.6 Å². The van der Waals surface area contributed by atoms with Crippen LogP contribution in [0, 0.1) is 0 Å². The van der Waals surface area contributed by atoms with E-state index in [1.807, 2.05) is 31.2 Å². The Kier molecular flexibility index (Phi) is 13.6. The monoisotopic (exact) mass is 754 g/mol. The van der Waals surface area contributed by atoms with Crippen LogP contribution in [0.5, 0.6) is 11.5 Å². The summed E-state index contributed by atoms with van der Waals surface area (Å²) in [5, 5.41) is 22.8. The normalized spacial score (nSPS) is 20.3. The number of benzene rings is 2. The molecule has 50 heavy (non-hydrogen) atoms. The molecule has 0 atom stereocenters. The van der Waals surface area contributed by atoms with Gasteiger partial charge in [-0.05, 0) is 105 Å². The van der Waals surface area contributed by atoms with Crippen LogP contribution in [-0.4, -0.2) is 95.6 Å². The Balaban J connectivity index is 0.000000138. The van der Waals surface area contributed by atoms with Crippen LogP contribution >= 0.6 is 15.9 Å². The molecule has 274 valence electrons. The molecule has 8 rings (SSSR count). The van der Waals surface area contributed by atoms with Crippen molar-refractivity contribution in [2.45, 2.75) is 95.6 Å². The van der Waals surface area contributed by atoms with Gasteiger partial charge in [0.2, 0.25) is 0 Å². The highest BCUT2D eigenvalue weighted by Gasteiger charge is 2.49. The molecular weight excluding hydrogens is 700 g/mol. The van der Waals surface area contributed by atoms with E-state index in [1.54, 1.807) is 19.1 Å². The molecule has 3 fully saturated rings. The van der Waals surface area contributed by atoms with Gasteiger partial charge in [-0.1, -0.05) is 34.5 Å². The van der Waals surface area contributed by atoms with E-state index in [1.165, 1.54) is 86.1 Å². The van der Waals surface area contributed by atoms with Gasteiger partial charge in [-0.2, -0.15) is 0 Å². The number of aromatic hydroxyl groups is 2. The number of ether oxygens (including phenoxy) is 2. The van der Waals surface area contributed by atoms with Crippen LogP contribution in [0.15, 0.2) is 41.4 Å². The number of nitrogens with one attached hydrogen (secondary N) is 1. The molecule has 0 radical (unpaired) electrons. The molecule has 11 heteroatoms. The van der Waals surface area contributed by atoms with Gasteiger partial charge in [0, 0.05) is 63.1 Å². The lowest BCUT2D eigenvalue weighted by Gasteiger charge is -2.34. The van der Waals surface area contributed by atoms with Crippen molar-refractivity contribution < 1.29 is 29.3 Å². The molecule has 3 N–H and O–H groups in total. The van der Waals surface area contributed by atoms with Crippen LogP contribution in [0.4, 0.5) is 0 Å². The molecule has 4 heterocycles. The van der Waals surface area contributed by atoms with Gasteiger partial charge < -0.3 is 29.9 Å². The van der Waals surface area contributed by atoms with Crippen LogP contribution in [0.3, 0.4) is 0 Å². The van der Waals surface area contributed by atoms with E-state index in [2.05, 4.69) is 40.8 Å². The van der Waals surface area contributed by atoms with Crippen molar-refractivity contribution in [2.75, 3.05) is 57.8 Å². The first-order valence-electron chi connectivity index (χ1n) is 18.4. The van der Waals surface area contributed by atoms with E-state index >= 15 is 0 Å². The fourth-order valence-electron chi connectivity index (χ4n) is 7.57. The third-order valence-electron chi connectivity index (χ3n) is 10.4. The maximum atomic E-state index is 11.6. The van der Waals surface area contributed by atoms with Gasteiger partial charge in [0.25, 0.3) is 0 Å². The predicted molar refractivity (Wildman–Crippen MR) is 199 cm³/mol. The summed E-state index contributed by atoms with van der Waals surface area (Å²) in [6.07, 6.45) is 11.5. The molecule has 10 nitrogen and oxygen atoms in total. The highest BCUT2D eigenvalue weighted by atomic mass is 79.9. The summed E-state index contributed by atoms with van der Waals surface area (Å²) >= 11 is 2.94. The number of fused-ring (bicyclic) bond motifs is 5. The molecule has 0 amide bonds. The first kappa shape index (κ1) is 38.1. The van der Waals surface area contributed by atoms with E-state index in [-0.39, 0.29) is 17.4 Å². The fourth-order valence-corrected chi connectivity index (χ4v) is 7.73. The Hall–Kier alpha value is -3.15. The second kappa shape index (κ2) is 17.9. The van der Waals surface area contributed by atoms with Crippen molar-refractivity contribution >= 4 is 33.7 Å². The van der Waals surface area contributed by atoms with Crippen LogP contribution in [0.2, 0.25) is 0 Å². The summed E-state index contributed by atoms with van der Waals surface area (Å²) in [5.41, 5.74) is 5.79. The average molecular weight is 756 g/mol. The molecule has 0 aromatic heterocycles. The summed E-state index contributed by atoms with van der Waals surface area (Å²) in [5.74, 6) is 1.78. The zero-order valence-corrected chi connectivity index (χ0v) is 31.4. The molecule has 4 aliphatic heterocycles. The van der Waals surface area contributed by atoms with E-state index in [0.29, 0.717) is 42.0 Å². The number of phenols is 2. The van der Waals surface area contributed by atoms with Gasteiger partial charge >= 0.3 is 11.9 Å². The maximum absolute atomic E-state index is 11.6. The summed E-state index contributed by atoms with van der Waals surface area (Å²) in [6.45, 7) is 12.2. The Morgan fingerprint density at radius 1 is 0.860 bits per heavy atom. The van der Waals surface area contributed by atoms with Gasteiger partial charge in [0.15, 0.2) is 0 Å². The van der Waals surface area contributed by atoms with E-state index < -0.39 is 0 Å². The SMILES string of the molecule is C1CCC2=NCCCN2CC1.CCOC(=O)CBr.CCOC(=O)CN1Cc2ccc(O)cc2C2(CC2)C1.Oc1ccc2c(c1)C1(CC1)CNC2. The zero-order valence-electron chi connectivity index (χ0n) is 29.9. The third-order valence-corrected chi connectivity index (χ3v) is 10.8. The Labute approximate surface area is 305 Å². The first-order chi connectivity index (χ1) is 24.2. The van der Waals surface area contributed by atoms with Crippen LogP contribution < -0.4 is 5.32 Å².